The van der Waals surface area contributed by atoms with Gasteiger partial charge in [-0.3, -0.25) is 9.88 Å². The molecule has 0 amide bonds. The lowest BCUT2D eigenvalue weighted by Gasteiger charge is -2.48. The molecule has 0 saturated heterocycles. The van der Waals surface area contributed by atoms with Crippen LogP contribution in [0.2, 0.25) is 0 Å². The van der Waals surface area contributed by atoms with Crippen molar-refractivity contribution in [2.75, 3.05) is 13.1 Å². The van der Waals surface area contributed by atoms with E-state index in [0.29, 0.717) is 17.4 Å². The molecule has 0 aromatic carbocycles. The predicted molar refractivity (Wildman–Crippen MR) is 88.8 cm³/mol. The van der Waals surface area contributed by atoms with Crippen molar-refractivity contribution in [1.82, 2.24) is 9.88 Å². The van der Waals surface area contributed by atoms with Crippen LogP contribution in [0, 0.1) is 17.3 Å². The summed E-state index contributed by atoms with van der Waals surface area (Å²) in [5.74, 6) is 1.32. The van der Waals surface area contributed by atoms with Crippen molar-refractivity contribution in [3.8, 4) is 0 Å². The lowest BCUT2D eigenvalue weighted by molar-refractivity contribution is 0.0280. The standard InChI is InChI=1S/C18H31N3/c1-5-21(12-15-8-10-20-11-9-15)13-16-6-7-17(19)14(2)18(16,3)4/h8-11,14,16-17H,5-7,12-13,19H2,1-4H3. The van der Waals surface area contributed by atoms with Crippen molar-refractivity contribution in [1.29, 1.82) is 0 Å². The van der Waals surface area contributed by atoms with Crippen molar-refractivity contribution in [3.05, 3.63) is 30.1 Å². The Hall–Kier alpha value is -0.930. The molecule has 3 unspecified atom stereocenters. The first-order valence-electron chi connectivity index (χ1n) is 8.32. The Morgan fingerprint density at radius 1 is 1.29 bits per heavy atom. The maximum absolute atomic E-state index is 6.28. The van der Waals surface area contributed by atoms with Crippen LogP contribution in [0.1, 0.15) is 46.1 Å². The van der Waals surface area contributed by atoms with E-state index < -0.39 is 0 Å². The van der Waals surface area contributed by atoms with Gasteiger partial charge in [-0.2, -0.15) is 0 Å². The molecule has 3 atom stereocenters. The molecule has 3 heteroatoms. The van der Waals surface area contributed by atoms with Gasteiger partial charge in [0.1, 0.15) is 0 Å². The van der Waals surface area contributed by atoms with Gasteiger partial charge in [0.05, 0.1) is 0 Å². The SMILES string of the molecule is CCN(Cc1ccncc1)CC1CCC(N)C(C)C1(C)C. The van der Waals surface area contributed by atoms with Gasteiger partial charge in [0.15, 0.2) is 0 Å². The van der Waals surface area contributed by atoms with Crippen molar-refractivity contribution < 1.29 is 0 Å². The lowest BCUT2D eigenvalue weighted by Crippen LogP contribution is -2.49. The Morgan fingerprint density at radius 3 is 2.57 bits per heavy atom. The number of rotatable bonds is 5. The molecule has 0 aliphatic heterocycles. The van der Waals surface area contributed by atoms with Crippen LogP contribution in [0.3, 0.4) is 0 Å². The van der Waals surface area contributed by atoms with Gasteiger partial charge < -0.3 is 5.73 Å². The molecule has 1 aliphatic rings. The molecule has 1 heterocycles. The Morgan fingerprint density at radius 2 is 1.95 bits per heavy atom. The zero-order chi connectivity index (χ0) is 15.5. The zero-order valence-corrected chi connectivity index (χ0v) is 14.0. The van der Waals surface area contributed by atoms with Gasteiger partial charge in [-0.05, 0) is 54.3 Å². The largest absolute Gasteiger partial charge is 0.327 e. The van der Waals surface area contributed by atoms with E-state index in [2.05, 4.69) is 49.7 Å². The highest BCUT2D eigenvalue weighted by atomic mass is 15.1. The molecule has 21 heavy (non-hydrogen) atoms. The molecular weight excluding hydrogens is 258 g/mol. The number of pyridine rings is 1. The number of hydrogen-bond acceptors (Lipinski definition) is 3. The van der Waals surface area contributed by atoms with Crippen LogP contribution in [0.5, 0.6) is 0 Å². The van der Waals surface area contributed by atoms with Crippen LogP contribution < -0.4 is 5.73 Å². The molecule has 1 fully saturated rings. The summed E-state index contributed by atoms with van der Waals surface area (Å²) < 4.78 is 0. The summed E-state index contributed by atoms with van der Waals surface area (Å²) in [6, 6.07) is 4.60. The van der Waals surface area contributed by atoms with Gasteiger partial charge in [0, 0.05) is 31.5 Å². The quantitative estimate of drug-likeness (QED) is 0.904. The van der Waals surface area contributed by atoms with Crippen LogP contribution >= 0.6 is 0 Å². The second kappa shape index (κ2) is 6.89. The molecule has 0 spiro atoms. The number of hydrogen-bond donors (Lipinski definition) is 1. The molecular formula is C18H31N3. The third kappa shape index (κ3) is 3.83. The maximum Gasteiger partial charge on any atom is 0.0271 e. The highest BCUT2D eigenvalue weighted by Gasteiger charge is 2.41. The fraction of sp³-hybridized carbons (Fsp3) is 0.722. The Kier molecular flexibility index (Phi) is 5.39. The first-order valence-corrected chi connectivity index (χ1v) is 8.32. The van der Waals surface area contributed by atoms with Crippen molar-refractivity contribution in [3.63, 3.8) is 0 Å². The monoisotopic (exact) mass is 289 g/mol. The summed E-state index contributed by atoms with van der Waals surface area (Å²) in [5.41, 5.74) is 7.96. The maximum atomic E-state index is 6.28. The Balaban J connectivity index is 2.01. The zero-order valence-electron chi connectivity index (χ0n) is 14.0. The van der Waals surface area contributed by atoms with Crippen LogP contribution in [-0.2, 0) is 6.54 Å². The number of nitrogens with zero attached hydrogens (tertiary/aromatic N) is 2. The molecule has 0 bridgehead atoms. The van der Waals surface area contributed by atoms with Crippen LogP contribution in [-0.4, -0.2) is 29.0 Å². The molecule has 1 aromatic rings. The smallest absolute Gasteiger partial charge is 0.0271 e. The minimum atomic E-state index is 0.323. The molecule has 1 aliphatic carbocycles. The predicted octanol–water partition coefficient (Wildman–Crippen LogP) is 3.30. The highest BCUT2D eigenvalue weighted by molar-refractivity contribution is 5.09. The summed E-state index contributed by atoms with van der Waals surface area (Å²) in [6.07, 6.45) is 6.19. The van der Waals surface area contributed by atoms with Crippen molar-refractivity contribution >= 4 is 0 Å². The van der Waals surface area contributed by atoms with Gasteiger partial charge in [-0.25, -0.2) is 0 Å². The highest BCUT2D eigenvalue weighted by Crippen LogP contribution is 2.44. The third-order valence-electron chi connectivity index (χ3n) is 5.80. The molecule has 1 aromatic heterocycles. The molecule has 3 nitrogen and oxygen atoms in total. The Bertz CT molecular complexity index is 429. The fourth-order valence-corrected chi connectivity index (χ4v) is 3.63. The van der Waals surface area contributed by atoms with E-state index in [-0.39, 0.29) is 0 Å². The van der Waals surface area contributed by atoms with Crippen LogP contribution in [0.25, 0.3) is 0 Å². The van der Waals surface area contributed by atoms with E-state index in [0.717, 1.165) is 19.0 Å². The summed E-state index contributed by atoms with van der Waals surface area (Å²) >= 11 is 0. The third-order valence-corrected chi connectivity index (χ3v) is 5.80. The second-order valence-electron chi connectivity index (χ2n) is 7.23. The normalized spacial score (nSPS) is 28.8. The van der Waals surface area contributed by atoms with Gasteiger partial charge in [-0.1, -0.05) is 27.7 Å². The topological polar surface area (TPSA) is 42.2 Å². The number of aromatic nitrogens is 1. The fourth-order valence-electron chi connectivity index (χ4n) is 3.63. The van der Waals surface area contributed by atoms with Crippen molar-refractivity contribution in [2.24, 2.45) is 23.0 Å². The second-order valence-corrected chi connectivity index (χ2v) is 7.23. The van der Waals surface area contributed by atoms with E-state index in [1.54, 1.807) is 0 Å². The molecule has 2 rings (SSSR count). The summed E-state index contributed by atoms with van der Waals surface area (Å²) in [5, 5.41) is 0. The molecule has 1 saturated carbocycles. The van der Waals surface area contributed by atoms with Gasteiger partial charge in [0.2, 0.25) is 0 Å². The van der Waals surface area contributed by atoms with Gasteiger partial charge in [0.25, 0.3) is 0 Å². The summed E-state index contributed by atoms with van der Waals surface area (Å²) in [7, 11) is 0. The van der Waals surface area contributed by atoms with Crippen LogP contribution in [0.15, 0.2) is 24.5 Å². The summed E-state index contributed by atoms with van der Waals surface area (Å²) in [6.45, 7) is 12.7. The van der Waals surface area contributed by atoms with Gasteiger partial charge in [-0.15, -0.1) is 0 Å². The number of nitrogens with two attached hydrogens (primary N) is 1. The first-order chi connectivity index (χ1) is 9.95. The van der Waals surface area contributed by atoms with Gasteiger partial charge >= 0.3 is 0 Å². The van der Waals surface area contributed by atoms with E-state index in [1.165, 1.54) is 24.9 Å². The molecule has 118 valence electrons. The lowest BCUT2D eigenvalue weighted by atomic mass is 9.61. The van der Waals surface area contributed by atoms with E-state index >= 15 is 0 Å². The molecule has 2 N–H and O–H groups in total. The minimum Gasteiger partial charge on any atom is -0.327 e. The minimum absolute atomic E-state index is 0.323. The summed E-state index contributed by atoms with van der Waals surface area (Å²) in [4.78, 5) is 6.66. The van der Waals surface area contributed by atoms with Crippen LogP contribution in [0.4, 0.5) is 0 Å². The first kappa shape index (κ1) is 16.4. The molecule has 0 radical (unpaired) electrons. The average Bonchev–Trinajstić information content (AvgIpc) is 2.48. The van der Waals surface area contributed by atoms with E-state index in [1.807, 2.05) is 12.4 Å². The van der Waals surface area contributed by atoms with E-state index in [9.17, 15) is 0 Å². The Labute approximate surface area is 129 Å². The van der Waals surface area contributed by atoms with Crippen molar-refractivity contribution in [2.45, 2.75) is 53.1 Å². The average molecular weight is 289 g/mol. The van der Waals surface area contributed by atoms with E-state index in [4.69, 9.17) is 5.73 Å².